The lowest BCUT2D eigenvalue weighted by Crippen LogP contribution is -2.43. The molecule has 0 unspecified atom stereocenters. The zero-order valence-electron chi connectivity index (χ0n) is 13.1. The molecule has 1 heterocycles. The molecule has 0 radical (unpaired) electrons. The summed E-state index contributed by atoms with van der Waals surface area (Å²) in [4.78, 5) is 4.81. The van der Waals surface area contributed by atoms with Crippen LogP contribution in [0.3, 0.4) is 0 Å². The molecule has 0 aromatic carbocycles. The molecule has 3 heteroatoms. The minimum atomic E-state index is 0.0895. The van der Waals surface area contributed by atoms with E-state index >= 15 is 0 Å². The number of piperazine rings is 1. The highest BCUT2D eigenvalue weighted by atomic mass is 15.2. The van der Waals surface area contributed by atoms with Crippen molar-refractivity contribution in [3.8, 4) is 0 Å². The van der Waals surface area contributed by atoms with Crippen LogP contribution in [0.2, 0.25) is 0 Å². The van der Waals surface area contributed by atoms with E-state index in [1.165, 1.54) is 11.3 Å². The van der Waals surface area contributed by atoms with Crippen LogP contribution in [0.5, 0.6) is 0 Å². The second-order valence-electron chi connectivity index (χ2n) is 6.21. The van der Waals surface area contributed by atoms with Crippen molar-refractivity contribution < 1.29 is 0 Å². The van der Waals surface area contributed by atoms with Crippen LogP contribution < -0.4 is 5.73 Å². The largest absolute Gasteiger partial charge is 0.404 e. The van der Waals surface area contributed by atoms with Crippen molar-refractivity contribution in [1.29, 1.82) is 0 Å². The number of rotatable bonds is 3. The topological polar surface area (TPSA) is 32.5 Å². The summed E-state index contributed by atoms with van der Waals surface area (Å²) in [6.45, 7) is 13.1. The van der Waals surface area contributed by atoms with E-state index in [4.69, 9.17) is 5.73 Å². The summed E-state index contributed by atoms with van der Waals surface area (Å²) in [5.74, 6) is 0. The zero-order valence-corrected chi connectivity index (χ0v) is 13.1. The predicted octanol–water partition coefficient (Wildman–Crippen LogP) is 2.58. The Hall–Kier alpha value is -1.22. The summed E-state index contributed by atoms with van der Waals surface area (Å²) in [5, 5.41) is 0. The smallest absolute Gasteiger partial charge is 0.0323 e. The van der Waals surface area contributed by atoms with E-state index in [1.807, 2.05) is 0 Å². The van der Waals surface area contributed by atoms with Crippen molar-refractivity contribution in [2.24, 2.45) is 11.1 Å². The van der Waals surface area contributed by atoms with E-state index in [9.17, 15) is 0 Å². The molecule has 0 saturated carbocycles. The third kappa shape index (κ3) is 4.75. The third-order valence-corrected chi connectivity index (χ3v) is 3.64. The van der Waals surface area contributed by atoms with Gasteiger partial charge in [-0.25, -0.2) is 0 Å². The lowest BCUT2D eigenvalue weighted by Gasteiger charge is -2.34. The summed E-state index contributed by atoms with van der Waals surface area (Å²) >= 11 is 0. The van der Waals surface area contributed by atoms with Gasteiger partial charge in [-0.3, -0.25) is 0 Å². The highest BCUT2D eigenvalue weighted by Crippen LogP contribution is 2.26. The van der Waals surface area contributed by atoms with E-state index in [2.05, 4.69) is 62.8 Å². The van der Waals surface area contributed by atoms with Crippen molar-refractivity contribution in [2.45, 2.75) is 27.7 Å². The van der Waals surface area contributed by atoms with Gasteiger partial charge in [-0.1, -0.05) is 32.9 Å². The van der Waals surface area contributed by atoms with E-state index in [-0.39, 0.29) is 5.41 Å². The predicted molar refractivity (Wildman–Crippen MR) is 83.7 cm³/mol. The Labute approximate surface area is 118 Å². The minimum absolute atomic E-state index is 0.0895. The van der Waals surface area contributed by atoms with Crippen LogP contribution in [-0.4, -0.2) is 43.0 Å². The molecule has 108 valence electrons. The van der Waals surface area contributed by atoms with Gasteiger partial charge in [0.2, 0.25) is 0 Å². The molecule has 0 bridgehead atoms. The van der Waals surface area contributed by atoms with Gasteiger partial charge in [-0.15, -0.1) is 0 Å². The molecule has 0 atom stereocenters. The zero-order chi connectivity index (χ0) is 14.5. The highest BCUT2D eigenvalue weighted by molar-refractivity contribution is 5.30. The molecule has 19 heavy (non-hydrogen) atoms. The quantitative estimate of drug-likeness (QED) is 0.794. The van der Waals surface area contributed by atoms with Gasteiger partial charge >= 0.3 is 0 Å². The van der Waals surface area contributed by atoms with E-state index in [0.717, 1.165) is 26.2 Å². The van der Waals surface area contributed by atoms with Gasteiger partial charge in [0, 0.05) is 31.9 Å². The van der Waals surface area contributed by atoms with E-state index < -0.39 is 0 Å². The van der Waals surface area contributed by atoms with Gasteiger partial charge in [0.1, 0.15) is 0 Å². The number of likely N-dealkylation sites (N-methyl/N-ethyl adjacent to an activating group) is 1. The molecule has 0 aromatic heterocycles. The first-order valence-electron chi connectivity index (χ1n) is 7.08. The summed E-state index contributed by atoms with van der Waals surface area (Å²) < 4.78 is 0. The molecule has 0 aliphatic carbocycles. The van der Waals surface area contributed by atoms with Crippen molar-refractivity contribution in [1.82, 2.24) is 9.80 Å². The van der Waals surface area contributed by atoms with Crippen LogP contribution in [0.1, 0.15) is 27.7 Å². The van der Waals surface area contributed by atoms with Crippen molar-refractivity contribution in [2.75, 3.05) is 33.2 Å². The Morgan fingerprint density at radius 2 is 1.63 bits per heavy atom. The average molecular weight is 263 g/mol. The number of hydrogen-bond donors (Lipinski definition) is 1. The van der Waals surface area contributed by atoms with Gasteiger partial charge in [0.15, 0.2) is 0 Å². The van der Waals surface area contributed by atoms with Crippen molar-refractivity contribution in [3.05, 3.63) is 35.7 Å². The van der Waals surface area contributed by atoms with Crippen LogP contribution >= 0.6 is 0 Å². The second-order valence-corrected chi connectivity index (χ2v) is 6.21. The number of nitrogens with two attached hydrogens (primary N) is 1. The lowest BCUT2D eigenvalue weighted by atomic mass is 9.86. The molecular formula is C16H29N3. The minimum Gasteiger partial charge on any atom is -0.404 e. The molecule has 1 aliphatic heterocycles. The van der Waals surface area contributed by atoms with Crippen LogP contribution in [0.15, 0.2) is 35.7 Å². The highest BCUT2D eigenvalue weighted by Gasteiger charge is 2.16. The fraction of sp³-hybridized carbons (Fsp3) is 0.625. The molecule has 0 aromatic rings. The maximum Gasteiger partial charge on any atom is 0.0323 e. The van der Waals surface area contributed by atoms with Crippen LogP contribution in [0, 0.1) is 5.41 Å². The maximum atomic E-state index is 5.73. The second kappa shape index (κ2) is 6.80. The third-order valence-electron chi connectivity index (χ3n) is 3.64. The van der Waals surface area contributed by atoms with E-state index in [1.54, 1.807) is 6.20 Å². The Morgan fingerprint density at radius 1 is 1.05 bits per heavy atom. The molecule has 2 N–H and O–H groups in total. The standard InChI is InChI=1S/C16H29N3/c1-6-15(19-11-9-18(5)10-12-19)8-7-14(13-17)16(2,3)4/h6-8,13H,9-12,17H2,1-5H3/b8-7-,14-13+,15-6+. The molecule has 0 amide bonds. The first kappa shape index (κ1) is 15.8. The molecule has 1 fully saturated rings. The molecule has 1 aliphatic rings. The average Bonchev–Trinajstić information content (AvgIpc) is 2.35. The summed E-state index contributed by atoms with van der Waals surface area (Å²) in [5.41, 5.74) is 8.28. The normalized spacial score (nSPS) is 20.4. The first-order valence-corrected chi connectivity index (χ1v) is 7.08. The van der Waals surface area contributed by atoms with Gasteiger partial charge < -0.3 is 15.5 Å². The summed E-state index contributed by atoms with van der Waals surface area (Å²) in [7, 11) is 2.18. The summed E-state index contributed by atoms with van der Waals surface area (Å²) in [6, 6.07) is 0. The van der Waals surface area contributed by atoms with Crippen molar-refractivity contribution >= 4 is 0 Å². The maximum absolute atomic E-state index is 5.73. The Balaban J connectivity index is 2.73. The monoisotopic (exact) mass is 263 g/mol. The Bertz CT molecular complexity index is 364. The fourth-order valence-electron chi connectivity index (χ4n) is 2.18. The molecular weight excluding hydrogens is 234 g/mol. The van der Waals surface area contributed by atoms with E-state index in [0.29, 0.717) is 0 Å². The molecule has 3 nitrogen and oxygen atoms in total. The van der Waals surface area contributed by atoms with Gasteiger partial charge in [0.25, 0.3) is 0 Å². The molecule has 0 spiro atoms. The molecule has 1 saturated heterocycles. The number of hydrogen-bond acceptors (Lipinski definition) is 3. The lowest BCUT2D eigenvalue weighted by molar-refractivity contribution is 0.190. The Kier molecular flexibility index (Phi) is 5.67. The van der Waals surface area contributed by atoms with Crippen LogP contribution in [0.4, 0.5) is 0 Å². The van der Waals surface area contributed by atoms with Crippen molar-refractivity contribution in [3.63, 3.8) is 0 Å². The first-order chi connectivity index (χ1) is 8.88. The fourth-order valence-corrected chi connectivity index (χ4v) is 2.18. The SMILES string of the molecule is C\C=C(/C=C\C(=C/N)C(C)(C)C)N1CCN(C)CC1. The summed E-state index contributed by atoms with van der Waals surface area (Å²) in [6.07, 6.45) is 8.23. The number of allylic oxidation sites excluding steroid dienone is 4. The Morgan fingerprint density at radius 3 is 2.05 bits per heavy atom. The van der Waals surface area contributed by atoms with Crippen LogP contribution in [-0.2, 0) is 0 Å². The number of nitrogens with zero attached hydrogens (tertiary/aromatic N) is 2. The van der Waals surface area contributed by atoms with Gasteiger partial charge in [-0.05, 0) is 37.2 Å². The van der Waals surface area contributed by atoms with Crippen LogP contribution in [0.25, 0.3) is 0 Å². The molecule has 1 rings (SSSR count). The van der Waals surface area contributed by atoms with Gasteiger partial charge in [0.05, 0.1) is 0 Å². The van der Waals surface area contributed by atoms with Gasteiger partial charge in [-0.2, -0.15) is 0 Å².